The van der Waals surface area contributed by atoms with Gasteiger partial charge in [0.15, 0.2) is 0 Å². The first-order valence-electron chi connectivity index (χ1n) is 6.95. The van der Waals surface area contributed by atoms with Gasteiger partial charge >= 0.3 is 0 Å². The fourth-order valence-corrected chi connectivity index (χ4v) is 2.99. The second kappa shape index (κ2) is 7.36. The summed E-state index contributed by atoms with van der Waals surface area (Å²) in [5.41, 5.74) is 1.03. The Morgan fingerprint density at radius 3 is 3.11 bits per heavy atom. The zero-order chi connectivity index (χ0) is 13.7. The summed E-state index contributed by atoms with van der Waals surface area (Å²) < 4.78 is 19.9. The first kappa shape index (κ1) is 14.9. The summed E-state index contributed by atoms with van der Waals surface area (Å²) in [7, 11) is 0. The monoisotopic (exact) mass is 329 g/mol. The van der Waals surface area contributed by atoms with Gasteiger partial charge < -0.3 is 10.1 Å². The average molecular weight is 330 g/mol. The van der Waals surface area contributed by atoms with Crippen molar-refractivity contribution in [2.24, 2.45) is 5.92 Å². The molecule has 2 atom stereocenters. The number of nitrogens with one attached hydrogen (secondary N) is 1. The van der Waals surface area contributed by atoms with Gasteiger partial charge in [0.25, 0.3) is 0 Å². The van der Waals surface area contributed by atoms with Crippen molar-refractivity contribution >= 4 is 15.9 Å². The highest BCUT2D eigenvalue weighted by Gasteiger charge is 2.26. The van der Waals surface area contributed by atoms with Crippen molar-refractivity contribution in [1.82, 2.24) is 5.32 Å². The molecule has 2 unspecified atom stereocenters. The van der Waals surface area contributed by atoms with Gasteiger partial charge in [0.1, 0.15) is 5.82 Å². The van der Waals surface area contributed by atoms with E-state index in [1.54, 1.807) is 12.1 Å². The zero-order valence-corrected chi connectivity index (χ0v) is 12.9. The van der Waals surface area contributed by atoms with Gasteiger partial charge in [-0.05, 0) is 49.6 Å². The zero-order valence-electron chi connectivity index (χ0n) is 11.3. The molecule has 0 aromatic heterocycles. The minimum Gasteiger partial charge on any atom is -0.381 e. The lowest BCUT2D eigenvalue weighted by Crippen LogP contribution is -2.44. The van der Waals surface area contributed by atoms with E-state index in [1.807, 2.05) is 0 Å². The molecule has 0 spiro atoms. The first-order chi connectivity index (χ1) is 9.20. The molecule has 4 heteroatoms. The summed E-state index contributed by atoms with van der Waals surface area (Å²) in [6, 6.07) is 5.36. The van der Waals surface area contributed by atoms with Crippen LogP contribution in [0.25, 0.3) is 0 Å². The molecule has 1 aliphatic heterocycles. The topological polar surface area (TPSA) is 21.3 Å². The van der Waals surface area contributed by atoms with Crippen molar-refractivity contribution in [3.8, 4) is 0 Å². The smallest absolute Gasteiger partial charge is 0.123 e. The molecule has 2 nitrogen and oxygen atoms in total. The number of hydrogen-bond acceptors (Lipinski definition) is 2. The summed E-state index contributed by atoms with van der Waals surface area (Å²) in [6.07, 6.45) is 3.02. The van der Waals surface area contributed by atoms with Crippen molar-refractivity contribution in [3.63, 3.8) is 0 Å². The van der Waals surface area contributed by atoms with Crippen LogP contribution >= 0.6 is 15.9 Å². The average Bonchev–Trinajstić information content (AvgIpc) is 2.42. The molecule has 0 bridgehead atoms. The summed E-state index contributed by atoms with van der Waals surface area (Å²) in [5, 5.41) is 3.59. The van der Waals surface area contributed by atoms with E-state index < -0.39 is 0 Å². The van der Waals surface area contributed by atoms with Crippen LogP contribution in [0.2, 0.25) is 0 Å². The number of ether oxygens (including phenoxy) is 1. The van der Waals surface area contributed by atoms with Crippen LogP contribution < -0.4 is 5.32 Å². The Bertz CT molecular complexity index is 413. The Kier molecular flexibility index (Phi) is 5.79. The van der Waals surface area contributed by atoms with Gasteiger partial charge in [-0.3, -0.25) is 0 Å². The quantitative estimate of drug-likeness (QED) is 0.892. The van der Waals surface area contributed by atoms with E-state index in [4.69, 9.17) is 4.74 Å². The maximum Gasteiger partial charge on any atom is 0.123 e. The number of rotatable bonds is 5. The number of halogens is 2. The Hall–Kier alpha value is -0.450. The van der Waals surface area contributed by atoms with E-state index >= 15 is 0 Å². The second-order valence-electron chi connectivity index (χ2n) is 5.12. The van der Waals surface area contributed by atoms with Crippen molar-refractivity contribution in [2.75, 3.05) is 19.8 Å². The van der Waals surface area contributed by atoms with Gasteiger partial charge in [0, 0.05) is 23.0 Å². The van der Waals surface area contributed by atoms with Crippen molar-refractivity contribution in [3.05, 3.63) is 34.1 Å². The van der Waals surface area contributed by atoms with E-state index in [-0.39, 0.29) is 5.82 Å². The van der Waals surface area contributed by atoms with Crippen molar-refractivity contribution < 1.29 is 9.13 Å². The third-order valence-corrected chi connectivity index (χ3v) is 4.39. The van der Waals surface area contributed by atoms with Crippen LogP contribution in [-0.4, -0.2) is 25.8 Å². The largest absolute Gasteiger partial charge is 0.381 e. The first-order valence-corrected chi connectivity index (χ1v) is 7.75. The van der Waals surface area contributed by atoms with E-state index in [0.717, 1.165) is 49.1 Å². The minimum atomic E-state index is -0.173. The van der Waals surface area contributed by atoms with E-state index in [2.05, 4.69) is 28.2 Å². The van der Waals surface area contributed by atoms with Gasteiger partial charge in [-0.2, -0.15) is 0 Å². The Balaban J connectivity index is 2.04. The van der Waals surface area contributed by atoms with Crippen LogP contribution in [0.3, 0.4) is 0 Å². The van der Waals surface area contributed by atoms with E-state index in [1.165, 1.54) is 6.07 Å². The molecular weight excluding hydrogens is 309 g/mol. The van der Waals surface area contributed by atoms with Crippen LogP contribution in [0.15, 0.2) is 22.7 Å². The van der Waals surface area contributed by atoms with Gasteiger partial charge in [-0.15, -0.1) is 0 Å². The molecule has 19 heavy (non-hydrogen) atoms. The SMILES string of the molecule is CCCNC1CCOCC1Cc1cc(F)ccc1Br. The summed E-state index contributed by atoms with van der Waals surface area (Å²) in [6.45, 7) is 4.78. The van der Waals surface area contributed by atoms with Crippen molar-refractivity contribution in [1.29, 1.82) is 0 Å². The predicted molar refractivity (Wildman–Crippen MR) is 78.8 cm³/mol. The predicted octanol–water partition coefficient (Wildman–Crippen LogP) is 3.54. The highest BCUT2D eigenvalue weighted by atomic mass is 79.9. The van der Waals surface area contributed by atoms with Gasteiger partial charge in [-0.25, -0.2) is 4.39 Å². The lowest BCUT2D eigenvalue weighted by molar-refractivity contribution is 0.0322. The molecular formula is C15H21BrFNO. The van der Waals surface area contributed by atoms with Crippen LogP contribution in [0, 0.1) is 11.7 Å². The molecule has 1 fully saturated rings. The lowest BCUT2D eigenvalue weighted by Gasteiger charge is -2.32. The summed E-state index contributed by atoms with van der Waals surface area (Å²) in [4.78, 5) is 0. The standard InChI is InChI=1S/C15H21BrFNO/c1-2-6-18-15-5-7-19-10-12(15)8-11-9-13(17)3-4-14(11)16/h3-4,9,12,15,18H,2,5-8,10H2,1H3. The third kappa shape index (κ3) is 4.26. The lowest BCUT2D eigenvalue weighted by atomic mass is 9.89. The van der Waals surface area contributed by atoms with Crippen LogP contribution in [0.1, 0.15) is 25.3 Å². The summed E-state index contributed by atoms with van der Waals surface area (Å²) in [5.74, 6) is 0.242. The molecule has 1 N–H and O–H groups in total. The molecule has 1 aromatic rings. The van der Waals surface area contributed by atoms with Crippen molar-refractivity contribution in [2.45, 2.75) is 32.2 Å². The molecule has 1 aliphatic rings. The third-order valence-electron chi connectivity index (χ3n) is 3.62. The minimum absolute atomic E-state index is 0.173. The van der Waals surface area contributed by atoms with Gasteiger partial charge in [-0.1, -0.05) is 22.9 Å². The molecule has 2 rings (SSSR count). The highest BCUT2D eigenvalue weighted by molar-refractivity contribution is 9.10. The van der Waals surface area contributed by atoms with E-state index in [0.29, 0.717) is 12.0 Å². The van der Waals surface area contributed by atoms with Gasteiger partial charge in [0.05, 0.1) is 6.61 Å². The fraction of sp³-hybridized carbons (Fsp3) is 0.600. The molecule has 1 aromatic carbocycles. The molecule has 0 radical (unpaired) electrons. The second-order valence-corrected chi connectivity index (χ2v) is 5.98. The van der Waals surface area contributed by atoms with Crippen LogP contribution in [-0.2, 0) is 11.2 Å². The van der Waals surface area contributed by atoms with E-state index in [9.17, 15) is 4.39 Å². The molecule has 1 saturated heterocycles. The maximum absolute atomic E-state index is 13.3. The Morgan fingerprint density at radius 1 is 1.47 bits per heavy atom. The van der Waals surface area contributed by atoms with Crippen LogP contribution in [0.4, 0.5) is 4.39 Å². The number of benzene rings is 1. The normalized spacial score (nSPS) is 23.5. The molecule has 0 aliphatic carbocycles. The van der Waals surface area contributed by atoms with Gasteiger partial charge in [0.2, 0.25) is 0 Å². The fourth-order valence-electron chi connectivity index (χ4n) is 2.58. The van der Waals surface area contributed by atoms with Crippen LogP contribution in [0.5, 0.6) is 0 Å². The number of hydrogen-bond donors (Lipinski definition) is 1. The molecule has 0 saturated carbocycles. The molecule has 1 heterocycles. The summed E-state index contributed by atoms with van der Waals surface area (Å²) >= 11 is 3.50. The maximum atomic E-state index is 13.3. The Morgan fingerprint density at radius 2 is 2.32 bits per heavy atom. The molecule has 106 valence electrons. The molecule has 0 amide bonds. The highest BCUT2D eigenvalue weighted by Crippen LogP contribution is 2.25. The Labute approximate surface area is 122 Å².